The third-order valence-electron chi connectivity index (χ3n) is 2.17. The Morgan fingerprint density at radius 2 is 2.29 bits per heavy atom. The van der Waals surface area contributed by atoms with E-state index in [9.17, 15) is 0 Å². The molecule has 0 bridgehead atoms. The molecule has 0 radical (unpaired) electrons. The van der Waals surface area contributed by atoms with Gasteiger partial charge in [0.25, 0.3) is 0 Å². The van der Waals surface area contributed by atoms with E-state index in [-0.39, 0.29) is 0 Å². The summed E-state index contributed by atoms with van der Waals surface area (Å²) >= 11 is 6.50. The zero-order chi connectivity index (χ0) is 12.1. The summed E-state index contributed by atoms with van der Waals surface area (Å²) in [5.41, 5.74) is 7.07. The quantitative estimate of drug-likeness (QED) is 0.807. The van der Waals surface area contributed by atoms with E-state index in [1.165, 1.54) is 0 Å². The lowest BCUT2D eigenvalue weighted by Gasteiger charge is -2.05. The van der Waals surface area contributed by atoms with Gasteiger partial charge in [0.05, 0.1) is 22.6 Å². The van der Waals surface area contributed by atoms with Crippen molar-refractivity contribution in [3.63, 3.8) is 0 Å². The molecule has 2 aromatic rings. The molecule has 2 rings (SSSR count). The van der Waals surface area contributed by atoms with Crippen LogP contribution in [0.4, 0.5) is 5.69 Å². The molecule has 0 aliphatic rings. The predicted octanol–water partition coefficient (Wildman–Crippen LogP) is 1.83. The predicted molar refractivity (Wildman–Crippen MR) is 74.4 cm³/mol. The van der Waals surface area contributed by atoms with Crippen LogP contribution in [0.1, 0.15) is 10.7 Å². The Hall–Kier alpha value is -1.53. The normalized spacial score (nSPS) is 10.1. The summed E-state index contributed by atoms with van der Waals surface area (Å²) in [6, 6.07) is 3.73. The largest absolute Gasteiger partial charge is 0.388 e. The molecular formula is C11H12N4S2. The first kappa shape index (κ1) is 11.9. The van der Waals surface area contributed by atoms with Crippen molar-refractivity contribution in [3.05, 3.63) is 40.6 Å². The lowest BCUT2D eigenvalue weighted by molar-refractivity contribution is 0.995. The van der Waals surface area contributed by atoms with E-state index in [1.807, 2.05) is 23.7 Å². The van der Waals surface area contributed by atoms with Crippen LogP contribution in [0.5, 0.6) is 0 Å². The third-order valence-corrected chi connectivity index (χ3v) is 3.22. The number of nitrogens with two attached hydrogens (primary N) is 1. The Balaban J connectivity index is 1.85. The van der Waals surface area contributed by atoms with Crippen molar-refractivity contribution in [1.29, 1.82) is 0 Å². The molecule has 0 unspecified atom stereocenters. The summed E-state index contributed by atoms with van der Waals surface area (Å²) in [6.45, 7) is 0.835. The first-order valence-electron chi connectivity index (χ1n) is 5.14. The van der Waals surface area contributed by atoms with Crippen molar-refractivity contribution in [1.82, 2.24) is 9.97 Å². The first-order chi connectivity index (χ1) is 8.25. The summed E-state index contributed by atoms with van der Waals surface area (Å²) in [6.07, 6.45) is 4.46. The summed E-state index contributed by atoms with van der Waals surface area (Å²) in [5.74, 6) is 0. The minimum atomic E-state index is 0.319. The Kier molecular flexibility index (Phi) is 4.00. The molecule has 0 aromatic carbocycles. The molecule has 0 amide bonds. The highest BCUT2D eigenvalue weighted by molar-refractivity contribution is 7.80. The van der Waals surface area contributed by atoms with Crippen LogP contribution in [-0.2, 0) is 6.42 Å². The molecule has 2 aromatic heterocycles. The van der Waals surface area contributed by atoms with Gasteiger partial charge in [-0.2, -0.15) is 0 Å². The number of aromatic nitrogens is 2. The zero-order valence-corrected chi connectivity index (χ0v) is 10.7. The number of nitrogens with zero attached hydrogens (tertiary/aromatic N) is 2. The monoisotopic (exact) mass is 264 g/mol. The van der Waals surface area contributed by atoms with Gasteiger partial charge in [-0.1, -0.05) is 12.2 Å². The fraction of sp³-hybridized carbons (Fsp3) is 0.182. The molecule has 0 atom stereocenters. The summed E-state index contributed by atoms with van der Waals surface area (Å²) in [4.78, 5) is 8.68. The molecule has 0 aliphatic carbocycles. The van der Waals surface area contributed by atoms with Crippen LogP contribution < -0.4 is 11.1 Å². The average Bonchev–Trinajstić information content (AvgIpc) is 2.83. The third kappa shape index (κ3) is 3.47. The standard InChI is InChI=1S/C11H12N4S2/c12-11(16)9-2-1-8(7-15-9)13-4-3-10-14-5-6-17-10/h1-2,5-7,13H,3-4H2,(H2,12,16). The van der Waals surface area contributed by atoms with Crippen molar-refractivity contribution in [3.8, 4) is 0 Å². The molecule has 3 N–H and O–H groups in total. The maximum absolute atomic E-state index is 5.47. The number of rotatable bonds is 5. The minimum Gasteiger partial charge on any atom is -0.388 e. The van der Waals surface area contributed by atoms with E-state index in [4.69, 9.17) is 18.0 Å². The highest BCUT2D eigenvalue weighted by Crippen LogP contribution is 2.08. The maximum atomic E-state index is 5.47. The first-order valence-corrected chi connectivity index (χ1v) is 6.42. The van der Waals surface area contributed by atoms with Gasteiger partial charge in [-0.05, 0) is 12.1 Å². The lowest BCUT2D eigenvalue weighted by Crippen LogP contribution is -2.12. The van der Waals surface area contributed by atoms with Gasteiger partial charge in [0.2, 0.25) is 0 Å². The van der Waals surface area contributed by atoms with Gasteiger partial charge in [-0.25, -0.2) is 4.98 Å². The highest BCUT2D eigenvalue weighted by atomic mass is 32.1. The van der Waals surface area contributed by atoms with E-state index < -0.39 is 0 Å². The van der Waals surface area contributed by atoms with Gasteiger partial charge in [0, 0.05) is 24.5 Å². The number of hydrogen-bond donors (Lipinski definition) is 2. The van der Waals surface area contributed by atoms with Crippen LogP contribution in [0.2, 0.25) is 0 Å². The lowest BCUT2D eigenvalue weighted by atomic mass is 10.3. The number of thiazole rings is 1. The highest BCUT2D eigenvalue weighted by Gasteiger charge is 1.99. The molecule has 0 spiro atoms. The molecule has 2 heterocycles. The summed E-state index contributed by atoms with van der Waals surface area (Å²) < 4.78 is 0. The second-order valence-electron chi connectivity index (χ2n) is 3.40. The van der Waals surface area contributed by atoms with Crippen LogP contribution in [0.25, 0.3) is 0 Å². The van der Waals surface area contributed by atoms with Crippen molar-refractivity contribution >= 4 is 34.2 Å². The fourth-order valence-corrected chi connectivity index (χ4v) is 2.08. The van der Waals surface area contributed by atoms with Crippen LogP contribution in [0.15, 0.2) is 29.9 Å². The number of nitrogens with one attached hydrogen (secondary N) is 1. The smallest absolute Gasteiger partial charge is 0.122 e. The number of pyridine rings is 1. The van der Waals surface area contributed by atoms with Crippen molar-refractivity contribution in [2.75, 3.05) is 11.9 Å². The topological polar surface area (TPSA) is 63.8 Å². The Morgan fingerprint density at radius 3 is 2.88 bits per heavy atom. The van der Waals surface area contributed by atoms with Crippen molar-refractivity contribution < 1.29 is 0 Å². The Labute approximate surface area is 109 Å². The van der Waals surface area contributed by atoms with Gasteiger partial charge in [0.1, 0.15) is 4.99 Å². The SMILES string of the molecule is NC(=S)c1ccc(NCCc2nccs2)cn1. The molecule has 4 nitrogen and oxygen atoms in total. The second-order valence-corrected chi connectivity index (χ2v) is 4.82. The van der Waals surface area contributed by atoms with Crippen LogP contribution in [-0.4, -0.2) is 21.5 Å². The van der Waals surface area contributed by atoms with E-state index in [0.29, 0.717) is 10.7 Å². The van der Waals surface area contributed by atoms with Crippen LogP contribution in [0, 0.1) is 0 Å². The minimum absolute atomic E-state index is 0.319. The number of hydrogen-bond acceptors (Lipinski definition) is 5. The van der Waals surface area contributed by atoms with Crippen molar-refractivity contribution in [2.45, 2.75) is 6.42 Å². The number of anilines is 1. The van der Waals surface area contributed by atoms with E-state index in [2.05, 4.69) is 15.3 Å². The molecule has 0 aliphatic heterocycles. The molecule has 0 saturated carbocycles. The molecular weight excluding hydrogens is 252 g/mol. The fourth-order valence-electron chi connectivity index (χ4n) is 1.33. The maximum Gasteiger partial charge on any atom is 0.122 e. The molecule has 17 heavy (non-hydrogen) atoms. The van der Waals surface area contributed by atoms with Gasteiger partial charge in [-0.3, -0.25) is 4.98 Å². The molecule has 0 fully saturated rings. The second kappa shape index (κ2) is 5.70. The van der Waals surface area contributed by atoms with Gasteiger partial charge >= 0.3 is 0 Å². The van der Waals surface area contributed by atoms with Crippen molar-refractivity contribution in [2.24, 2.45) is 5.73 Å². The average molecular weight is 264 g/mol. The Morgan fingerprint density at radius 1 is 1.41 bits per heavy atom. The van der Waals surface area contributed by atoms with E-state index in [1.54, 1.807) is 17.5 Å². The van der Waals surface area contributed by atoms with Crippen LogP contribution in [0.3, 0.4) is 0 Å². The Bertz CT molecular complexity index is 479. The van der Waals surface area contributed by atoms with Crippen LogP contribution >= 0.6 is 23.6 Å². The van der Waals surface area contributed by atoms with E-state index in [0.717, 1.165) is 23.7 Å². The summed E-state index contributed by atoms with van der Waals surface area (Å²) in [7, 11) is 0. The van der Waals surface area contributed by atoms with Gasteiger partial charge in [0.15, 0.2) is 0 Å². The van der Waals surface area contributed by atoms with Gasteiger partial charge in [-0.15, -0.1) is 11.3 Å². The molecule has 6 heteroatoms. The molecule has 88 valence electrons. The molecule has 0 saturated heterocycles. The number of thiocarbonyl (C=S) groups is 1. The zero-order valence-electron chi connectivity index (χ0n) is 9.09. The van der Waals surface area contributed by atoms with E-state index >= 15 is 0 Å². The van der Waals surface area contributed by atoms with Gasteiger partial charge < -0.3 is 11.1 Å². The summed E-state index contributed by atoms with van der Waals surface area (Å²) in [5, 5.41) is 6.38.